The Balaban J connectivity index is 1.03. The molecule has 0 atom stereocenters. The average molecular weight is 522 g/mol. The Kier molecular flexibility index (Phi) is 7.47. The van der Waals surface area contributed by atoms with Crippen LogP contribution < -0.4 is 10.1 Å². The summed E-state index contributed by atoms with van der Waals surface area (Å²) < 4.78 is 43.7. The summed E-state index contributed by atoms with van der Waals surface area (Å²) in [6.45, 7) is 1.47. The summed E-state index contributed by atoms with van der Waals surface area (Å²) in [5, 5.41) is 7.57. The van der Waals surface area contributed by atoms with Crippen LogP contribution in [0.2, 0.25) is 0 Å². The standard InChI is InChI=1S/C25H30F3N5O2S/c26-25(27,28)16-35-24-31-20-9-13-32(14-10-22(20)36-24)12-8-17-4-6-18(7-5-17)30-23(34)19-15-29-33-11-2-1-3-21(19)33/h1-3,11,15,17-18H,4-10,12-14,16H2,(H,30,34)/t17-,18-. The fourth-order valence-electron chi connectivity index (χ4n) is 5.15. The molecule has 36 heavy (non-hydrogen) atoms. The SMILES string of the molecule is O=C(N[C@H]1CC[C@H](CCN2CCc3nc(OCC(F)(F)F)sc3CC2)CC1)c1cnn2ccccc12. The van der Waals surface area contributed by atoms with Gasteiger partial charge < -0.3 is 15.0 Å². The number of hydrogen-bond donors (Lipinski definition) is 1. The van der Waals surface area contributed by atoms with Crippen molar-refractivity contribution in [3.63, 3.8) is 0 Å². The van der Waals surface area contributed by atoms with Gasteiger partial charge >= 0.3 is 6.18 Å². The first kappa shape index (κ1) is 25.0. The second-order valence-electron chi connectivity index (χ2n) is 9.66. The fraction of sp³-hybridized carbons (Fsp3) is 0.560. The zero-order chi connectivity index (χ0) is 25.1. The minimum absolute atomic E-state index is 0.0581. The summed E-state index contributed by atoms with van der Waals surface area (Å²) in [4.78, 5) is 20.5. The Labute approximate surface area is 211 Å². The van der Waals surface area contributed by atoms with Gasteiger partial charge in [-0.15, -0.1) is 0 Å². The molecule has 4 heterocycles. The molecule has 11 heteroatoms. The number of nitrogens with one attached hydrogen (secondary N) is 1. The Morgan fingerprint density at radius 2 is 1.97 bits per heavy atom. The van der Waals surface area contributed by atoms with E-state index >= 15 is 0 Å². The fourth-order valence-corrected chi connectivity index (χ4v) is 6.09. The highest BCUT2D eigenvalue weighted by Crippen LogP contribution is 2.31. The van der Waals surface area contributed by atoms with E-state index in [2.05, 4.69) is 20.3 Å². The van der Waals surface area contributed by atoms with Gasteiger partial charge in [0.25, 0.3) is 11.1 Å². The summed E-state index contributed by atoms with van der Waals surface area (Å²) >= 11 is 1.24. The minimum atomic E-state index is -4.35. The van der Waals surface area contributed by atoms with Crippen LogP contribution in [0.25, 0.3) is 5.52 Å². The van der Waals surface area contributed by atoms with E-state index in [1.54, 1.807) is 10.7 Å². The van der Waals surface area contributed by atoms with Crippen LogP contribution >= 0.6 is 11.3 Å². The van der Waals surface area contributed by atoms with E-state index in [1.807, 2.05) is 24.4 Å². The molecule has 194 valence electrons. The maximum atomic E-state index is 12.8. The molecule has 1 amide bonds. The van der Waals surface area contributed by atoms with Crippen molar-refractivity contribution in [3.05, 3.63) is 46.7 Å². The second kappa shape index (κ2) is 10.8. The maximum absolute atomic E-state index is 12.8. The van der Waals surface area contributed by atoms with Crippen molar-refractivity contribution >= 4 is 22.8 Å². The van der Waals surface area contributed by atoms with Crippen LogP contribution in [0.1, 0.15) is 53.0 Å². The predicted molar refractivity (Wildman–Crippen MR) is 131 cm³/mol. The lowest BCUT2D eigenvalue weighted by Gasteiger charge is -2.30. The van der Waals surface area contributed by atoms with Gasteiger partial charge in [-0.1, -0.05) is 17.4 Å². The Morgan fingerprint density at radius 1 is 1.17 bits per heavy atom. The van der Waals surface area contributed by atoms with Crippen molar-refractivity contribution in [2.24, 2.45) is 5.92 Å². The maximum Gasteiger partial charge on any atom is 0.422 e. The number of rotatable bonds is 7. The first-order valence-electron chi connectivity index (χ1n) is 12.5. The predicted octanol–water partition coefficient (Wildman–Crippen LogP) is 4.51. The van der Waals surface area contributed by atoms with Gasteiger partial charge in [-0.3, -0.25) is 4.79 Å². The van der Waals surface area contributed by atoms with Gasteiger partial charge in [-0.2, -0.15) is 18.3 Å². The van der Waals surface area contributed by atoms with Gasteiger partial charge in [-0.05, 0) is 63.1 Å². The molecule has 0 unspecified atom stereocenters. The lowest BCUT2D eigenvalue weighted by molar-refractivity contribution is -0.153. The molecule has 0 saturated heterocycles. The van der Waals surface area contributed by atoms with Gasteiger partial charge in [0.2, 0.25) is 0 Å². The van der Waals surface area contributed by atoms with E-state index in [-0.39, 0.29) is 17.1 Å². The van der Waals surface area contributed by atoms with Crippen LogP contribution in [0.3, 0.4) is 0 Å². The highest BCUT2D eigenvalue weighted by molar-refractivity contribution is 7.13. The van der Waals surface area contributed by atoms with Gasteiger partial charge in [0.15, 0.2) is 6.61 Å². The number of amides is 1. The number of hydrogen-bond acceptors (Lipinski definition) is 6. The molecule has 0 bridgehead atoms. The number of pyridine rings is 1. The quantitative estimate of drug-likeness (QED) is 0.495. The summed E-state index contributed by atoms with van der Waals surface area (Å²) in [5.41, 5.74) is 2.30. The molecule has 1 fully saturated rings. The molecule has 3 aromatic heterocycles. The van der Waals surface area contributed by atoms with Crippen LogP contribution in [-0.2, 0) is 12.8 Å². The van der Waals surface area contributed by atoms with E-state index in [4.69, 9.17) is 4.74 Å². The number of aromatic nitrogens is 3. The third-order valence-electron chi connectivity index (χ3n) is 7.14. The highest BCUT2D eigenvalue weighted by atomic mass is 32.1. The second-order valence-corrected chi connectivity index (χ2v) is 10.7. The van der Waals surface area contributed by atoms with E-state index in [9.17, 15) is 18.0 Å². The Morgan fingerprint density at radius 3 is 2.78 bits per heavy atom. The van der Waals surface area contributed by atoms with Crippen molar-refractivity contribution in [1.82, 2.24) is 24.8 Å². The van der Waals surface area contributed by atoms with Crippen molar-refractivity contribution < 1.29 is 22.7 Å². The monoisotopic (exact) mass is 521 g/mol. The molecular weight excluding hydrogens is 491 g/mol. The third kappa shape index (κ3) is 6.18. The average Bonchev–Trinajstić information content (AvgIpc) is 3.42. The molecule has 1 N–H and O–H groups in total. The third-order valence-corrected chi connectivity index (χ3v) is 8.21. The van der Waals surface area contributed by atoms with E-state index in [0.717, 1.165) is 80.7 Å². The molecule has 1 saturated carbocycles. The number of carbonyl (C=O) groups excluding carboxylic acids is 1. The summed E-state index contributed by atoms with van der Waals surface area (Å²) in [6, 6.07) is 5.89. The number of halogens is 3. The first-order chi connectivity index (χ1) is 17.3. The highest BCUT2D eigenvalue weighted by Gasteiger charge is 2.30. The summed E-state index contributed by atoms with van der Waals surface area (Å²) in [7, 11) is 0. The normalized spacial score (nSPS) is 21.2. The Bertz CT molecular complexity index is 1160. The molecular formula is C25H30F3N5O2S. The number of alkyl halides is 3. The molecule has 2 aliphatic rings. The number of ether oxygens (including phenoxy) is 1. The molecule has 0 radical (unpaired) electrons. The van der Waals surface area contributed by atoms with E-state index in [0.29, 0.717) is 11.5 Å². The molecule has 0 spiro atoms. The van der Waals surface area contributed by atoms with Gasteiger partial charge in [0.05, 0.1) is 23.0 Å². The van der Waals surface area contributed by atoms with Gasteiger partial charge in [0, 0.05) is 36.6 Å². The van der Waals surface area contributed by atoms with E-state index < -0.39 is 12.8 Å². The molecule has 1 aliphatic heterocycles. The van der Waals surface area contributed by atoms with E-state index in [1.165, 1.54) is 11.3 Å². The molecule has 3 aromatic rings. The van der Waals surface area contributed by atoms with Crippen molar-refractivity contribution in [3.8, 4) is 5.19 Å². The smallest absolute Gasteiger partial charge is 0.422 e. The van der Waals surface area contributed by atoms with Crippen molar-refractivity contribution in [2.75, 3.05) is 26.2 Å². The van der Waals surface area contributed by atoms with Gasteiger partial charge in [0.1, 0.15) is 0 Å². The summed E-state index contributed by atoms with van der Waals surface area (Å²) in [6.07, 6.45) is 5.94. The number of nitrogens with zero attached hydrogens (tertiary/aromatic N) is 4. The largest absolute Gasteiger partial charge is 0.460 e. The first-order valence-corrected chi connectivity index (χ1v) is 13.3. The van der Waals surface area contributed by atoms with Crippen LogP contribution in [0.15, 0.2) is 30.6 Å². The van der Waals surface area contributed by atoms with Crippen molar-refractivity contribution in [2.45, 2.75) is 57.2 Å². The van der Waals surface area contributed by atoms with Crippen LogP contribution in [0.4, 0.5) is 13.2 Å². The van der Waals surface area contributed by atoms with Crippen LogP contribution in [0.5, 0.6) is 5.19 Å². The van der Waals surface area contributed by atoms with Crippen LogP contribution in [0, 0.1) is 5.92 Å². The number of fused-ring (bicyclic) bond motifs is 2. The number of carbonyl (C=O) groups is 1. The molecule has 0 aromatic carbocycles. The lowest BCUT2D eigenvalue weighted by Crippen LogP contribution is -2.38. The number of thiazole rings is 1. The van der Waals surface area contributed by atoms with Crippen LogP contribution in [-0.4, -0.2) is 63.9 Å². The zero-order valence-corrected chi connectivity index (χ0v) is 20.8. The Hall–Kier alpha value is -2.66. The topological polar surface area (TPSA) is 71.8 Å². The summed E-state index contributed by atoms with van der Waals surface area (Å²) in [5.74, 6) is 0.588. The minimum Gasteiger partial charge on any atom is -0.460 e. The molecule has 7 nitrogen and oxygen atoms in total. The van der Waals surface area contributed by atoms with Crippen molar-refractivity contribution in [1.29, 1.82) is 0 Å². The molecule has 5 rings (SSSR count). The molecule has 1 aliphatic carbocycles. The van der Waals surface area contributed by atoms with Gasteiger partial charge in [-0.25, -0.2) is 9.50 Å². The lowest BCUT2D eigenvalue weighted by atomic mass is 9.84. The zero-order valence-electron chi connectivity index (χ0n) is 20.0.